The number of ether oxygens (including phenoxy) is 2. The van der Waals surface area contributed by atoms with Crippen LogP contribution in [0.1, 0.15) is 12.8 Å². The Morgan fingerprint density at radius 3 is 3.00 bits per heavy atom. The quantitative estimate of drug-likeness (QED) is 0.851. The predicted molar refractivity (Wildman–Crippen MR) is 95.2 cm³/mol. The van der Waals surface area contributed by atoms with Crippen molar-refractivity contribution in [1.29, 1.82) is 0 Å². The van der Waals surface area contributed by atoms with E-state index in [0.717, 1.165) is 51.4 Å². The van der Waals surface area contributed by atoms with E-state index in [2.05, 4.69) is 36.6 Å². The predicted octanol–water partition coefficient (Wildman–Crippen LogP) is 2.42. The molecule has 1 atom stereocenters. The highest BCUT2D eigenvalue weighted by Crippen LogP contribution is 2.33. The van der Waals surface area contributed by atoms with Gasteiger partial charge in [-0.2, -0.15) is 11.3 Å². The summed E-state index contributed by atoms with van der Waals surface area (Å²) < 4.78 is 11.5. The number of morpholine rings is 1. The van der Waals surface area contributed by atoms with E-state index in [1.165, 1.54) is 5.69 Å². The monoisotopic (exact) mass is 346 g/mol. The van der Waals surface area contributed by atoms with Crippen LogP contribution < -0.4 is 14.5 Å². The molecule has 6 nitrogen and oxygen atoms in total. The van der Waals surface area contributed by atoms with Gasteiger partial charge < -0.3 is 19.3 Å². The van der Waals surface area contributed by atoms with Crippen LogP contribution in [0.3, 0.4) is 0 Å². The molecule has 7 heteroatoms. The summed E-state index contributed by atoms with van der Waals surface area (Å²) in [5, 5.41) is 4.35. The van der Waals surface area contributed by atoms with Crippen LogP contribution in [0.5, 0.6) is 5.88 Å². The summed E-state index contributed by atoms with van der Waals surface area (Å²) in [5.41, 5.74) is 1.18. The van der Waals surface area contributed by atoms with Crippen LogP contribution in [0, 0.1) is 0 Å². The summed E-state index contributed by atoms with van der Waals surface area (Å²) in [6.45, 7) is 4.46. The lowest BCUT2D eigenvalue weighted by Gasteiger charge is -2.48. The molecule has 0 N–H and O–H groups in total. The van der Waals surface area contributed by atoms with Gasteiger partial charge in [0, 0.05) is 36.8 Å². The number of piperidine rings is 1. The molecule has 0 aliphatic carbocycles. The lowest BCUT2D eigenvalue weighted by molar-refractivity contribution is -0.0630. The lowest BCUT2D eigenvalue weighted by atomic mass is 9.90. The van der Waals surface area contributed by atoms with E-state index in [9.17, 15) is 0 Å². The average molecular weight is 346 g/mol. The van der Waals surface area contributed by atoms with Crippen molar-refractivity contribution in [2.75, 3.05) is 49.7 Å². The summed E-state index contributed by atoms with van der Waals surface area (Å²) >= 11 is 1.75. The van der Waals surface area contributed by atoms with Crippen LogP contribution in [-0.4, -0.2) is 55.5 Å². The van der Waals surface area contributed by atoms with Crippen molar-refractivity contribution in [1.82, 2.24) is 9.97 Å². The van der Waals surface area contributed by atoms with Crippen LogP contribution in [0.2, 0.25) is 0 Å². The molecule has 1 unspecified atom stereocenters. The molecule has 0 radical (unpaired) electrons. The highest BCUT2D eigenvalue weighted by Gasteiger charge is 2.41. The van der Waals surface area contributed by atoms with Crippen molar-refractivity contribution in [3.63, 3.8) is 0 Å². The van der Waals surface area contributed by atoms with Crippen LogP contribution in [0.25, 0.3) is 0 Å². The molecule has 2 aromatic rings. The van der Waals surface area contributed by atoms with Gasteiger partial charge in [0.25, 0.3) is 0 Å². The first kappa shape index (κ1) is 15.7. The van der Waals surface area contributed by atoms with Gasteiger partial charge in [-0.25, -0.2) is 9.97 Å². The van der Waals surface area contributed by atoms with E-state index < -0.39 is 0 Å². The molecule has 24 heavy (non-hydrogen) atoms. The molecule has 0 bridgehead atoms. The summed E-state index contributed by atoms with van der Waals surface area (Å²) in [6.07, 6.45) is 3.80. The van der Waals surface area contributed by atoms with Crippen LogP contribution >= 0.6 is 11.3 Å². The number of thiophene rings is 1. The lowest BCUT2D eigenvalue weighted by Crippen LogP contribution is -2.60. The Bertz CT molecular complexity index is 677. The van der Waals surface area contributed by atoms with E-state index >= 15 is 0 Å². The molecular weight excluding hydrogens is 324 g/mol. The van der Waals surface area contributed by atoms with Gasteiger partial charge in [0.1, 0.15) is 17.7 Å². The third-order valence-electron chi connectivity index (χ3n) is 4.82. The first-order chi connectivity index (χ1) is 11.8. The molecule has 2 aromatic heterocycles. The van der Waals surface area contributed by atoms with Gasteiger partial charge in [0.05, 0.1) is 20.3 Å². The standard InChI is InChI=1S/C17H22N4O2S/c1-22-16-9-15(18-13-19-16)21-6-7-23-17(12-21)4-2-5-20(11-17)14-3-8-24-10-14/h3,8-10,13H,2,4-7,11-12H2,1H3. The maximum Gasteiger partial charge on any atom is 0.218 e. The van der Waals surface area contributed by atoms with Gasteiger partial charge in [-0.1, -0.05) is 0 Å². The smallest absolute Gasteiger partial charge is 0.218 e. The minimum atomic E-state index is -0.128. The van der Waals surface area contributed by atoms with Crippen molar-refractivity contribution in [2.24, 2.45) is 0 Å². The molecular formula is C17H22N4O2S. The third kappa shape index (κ3) is 3.06. The van der Waals surface area contributed by atoms with E-state index in [0.29, 0.717) is 5.88 Å². The molecule has 2 aliphatic rings. The number of rotatable bonds is 3. The highest BCUT2D eigenvalue weighted by molar-refractivity contribution is 7.08. The Morgan fingerprint density at radius 2 is 2.17 bits per heavy atom. The second-order valence-electron chi connectivity index (χ2n) is 6.38. The fourth-order valence-electron chi connectivity index (χ4n) is 3.66. The second kappa shape index (κ2) is 6.57. The first-order valence-electron chi connectivity index (χ1n) is 8.30. The number of methoxy groups -OCH3 is 1. The fraction of sp³-hybridized carbons (Fsp3) is 0.529. The zero-order valence-corrected chi connectivity index (χ0v) is 14.7. The Hall–Kier alpha value is -1.86. The van der Waals surface area contributed by atoms with Gasteiger partial charge in [0.15, 0.2) is 0 Å². The van der Waals surface area contributed by atoms with E-state index in [1.54, 1.807) is 24.8 Å². The molecule has 2 aliphatic heterocycles. The average Bonchev–Trinajstić information content (AvgIpc) is 3.17. The molecule has 4 rings (SSSR count). The minimum absolute atomic E-state index is 0.128. The Kier molecular flexibility index (Phi) is 4.28. The van der Waals surface area contributed by atoms with Gasteiger partial charge in [0.2, 0.25) is 5.88 Å². The zero-order chi connectivity index (χ0) is 16.4. The van der Waals surface area contributed by atoms with Gasteiger partial charge in [-0.15, -0.1) is 0 Å². The van der Waals surface area contributed by atoms with Crippen LogP contribution in [0.4, 0.5) is 11.5 Å². The van der Waals surface area contributed by atoms with Gasteiger partial charge in [-0.3, -0.25) is 0 Å². The molecule has 1 spiro atoms. The van der Waals surface area contributed by atoms with E-state index in [1.807, 2.05) is 6.07 Å². The summed E-state index contributed by atoms with van der Waals surface area (Å²) in [4.78, 5) is 13.3. The van der Waals surface area contributed by atoms with Crippen molar-refractivity contribution in [2.45, 2.75) is 18.4 Å². The zero-order valence-electron chi connectivity index (χ0n) is 13.9. The summed E-state index contributed by atoms with van der Waals surface area (Å²) in [6, 6.07) is 4.10. The normalized spacial score (nSPS) is 24.4. The summed E-state index contributed by atoms with van der Waals surface area (Å²) in [5.74, 6) is 1.52. The molecule has 2 fully saturated rings. The molecule has 0 saturated carbocycles. The largest absolute Gasteiger partial charge is 0.481 e. The van der Waals surface area contributed by atoms with Crippen molar-refractivity contribution >= 4 is 22.8 Å². The Balaban J connectivity index is 1.53. The minimum Gasteiger partial charge on any atom is -0.481 e. The van der Waals surface area contributed by atoms with Crippen LogP contribution in [0.15, 0.2) is 29.2 Å². The Labute approximate surface area is 146 Å². The number of anilines is 2. The SMILES string of the molecule is COc1cc(N2CCOC3(CCCN(c4ccsc4)C3)C2)ncn1. The maximum atomic E-state index is 6.29. The van der Waals surface area contributed by atoms with E-state index in [4.69, 9.17) is 9.47 Å². The number of hydrogen-bond acceptors (Lipinski definition) is 7. The highest BCUT2D eigenvalue weighted by atomic mass is 32.1. The van der Waals surface area contributed by atoms with Gasteiger partial charge in [-0.05, 0) is 24.3 Å². The molecule has 0 aromatic carbocycles. The second-order valence-corrected chi connectivity index (χ2v) is 7.16. The number of aromatic nitrogens is 2. The summed E-state index contributed by atoms with van der Waals surface area (Å²) in [7, 11) is 1.63. The number of hydrogen-bond donors (Lipinski definition) is 0. The van der Waals surface area contributed by atoms with Crippen molar-refractivity contribution < 1.29 is 9.47 Å². The maximum absolute atomic E-state index is 6.29. The third-order valence-corrected chi connectivity index (χ3v) is 5.49. The molecule has 0 amide bonds. The van der Waals surface area contributed by atoms with Crippen molar-refractivity contribution in [3.8, 4) is 5.88 Å². The van der Waals surface area contributed by atoms with E-state index in [-0.39, 0.29) is 5.60 Å². The van der Waals surface area contributed by atoms with Gasteiger partial charge >= 0.3 is 0 Å². The topological polar surface area (TPSA) is 50.7 Å². The van der Waals surface area contributed by atoms with Crippen molar-refractivity contribution in [3.05, 3.63) is 29.2 Å². The number of nitrogens with zero attached hydrogens (tertiary/aromatic N) is 4. The molecule has 2 saturated heterocycles. The molecule has 128 valence electrons. The first-order valence-corrected chi connectivity index (χ1v) is 9.24. The Morgan fingerprint density at radius 1 is 1.25 bits per heavy atom. The fourth-order valence-corrected chi connectivity index (χ4v) is 4.32. The van der Waals surface area contributed by atoms with Crippen LogP contribution in [-0.2, 0) is 4.74 Å². The molecule has 4 heterocycles.